The Hall–Kier alpha value is -0.260. The quantitative estimate of drug-likeness (QED) is 0.508. The minimum absolute atomic E-state index is 0.847. The Bertz CT molecular complexity index is 88.2. The maximum atomic E-state index is 2.27. The van der Waals surface area contributed by atoms with E-state index in [0.29, 0.717) is 0 Å². The second-order valence-electron chi connectivity index (χ2n) is 3.07. The summed E-state index contributed by atoms with van der Waals surface area (Å²) in [5.41, 5.74) is 1.52. The molecule has 0 saturated carbocycles. The molecule has 0 spiro atoms. The number of allylic oxidation sites excluding steroid dienone is 2. The summed E-state index contributed by atoms with van der Waals surface area (Å²) >= 11 is 0. The lowest BCUT2D eigenvalue weighted by Crippen LogP contribution is -1.86. The highest BCUT2D eigenvalue weighted by molar-refractivity contribution is 4.94. The average Bonchev–Trinajstić information content (AvgIpc) is 1.83. The zero-order valence-corrected chi connectivity index (χ0v) is 7.07. The molecule has 0 nitrogen and oxygen atoms in total. The van der Waals surface area contributed by atoms with E-state index >= 15 is 0 Å². The molecule has 54 valence electrons. The fourth-order valence-corrected chi connectivity index (χ4v) is 0.661. The number of hydrogen-bond acceptors (Lipinski definition) is 0. The van der Waals surface area contributed by atoms with Crippen LogP contribution in [0.15, 0.2) is 11.6 Å². The second kappa shape index (κ2) is 4.60. The van der Waals surface area contributed by atoms with E-state index in [1.54, 1.807) is 0 Å². The third kappa shape index (κ3) is 5.61. The van der Waals surface area contributed by atoms with Crippen LogP contribution in [0, 0.1) is 5.92 Å². The largest absolute Gasteiger partial charge is 0.0887 e. The van der Waals surface area contributed by atoms with Gasteiger partial charge in [-0.05, 0) is 32.6 Å². The monoisotopic (exact) mass is 126 g/mol. The zero-order valence-electron chi connectivity index (χ0n) is 7.07. The standard InChI is InChI=1S/C9H18/c1-5-9(4)7-6-8(2)3/h5,8H,6-7H2,1-4H3/b9-5+. The summed E-state index contributed by atoms with van der Waals surface area (Å²) in [6.45, 7) is 8.84. The van der Waals surface area contributed by atoms with Gasteiger partial charge >= 0.3 is 0 Å². The van der Waals surface area contributed by atoms with E-state index in [9.17, 15) is 0 Å². The molecule has 0 heteroatoms. The molecule has 0 aromatic carbocycles. The summed E-state index contributed by atoms with van der Waals surface area (Å²) in [7, 11) is 0. The van der Waals surface area contributed by atoms with Crippen molar-refractivity contribution in [2.45, 2.75) is 40.5 Å². The zero-order chi connectivity index (χ0) is 7.28. The van der Waals surface area contributed by atoms with Crippen LogP contribution >= 0.6 is 0 Å². The lowest BCUT2D eigenvalue weighted by molar-refractivity contribution is 0.584. The number of hydrogen-bond donors (Lipinski definition) is 0. The summed E-state index contributed by atoms with van der Waals surface area (Å²) in [4.78, 5) is 0. The third-order valence-corrected chi connectivity index (χ3v) is 1.61. The molecular formula is C9H18. The normalized spacial score (nSPS) is 12.8. The van der Waals surface area contributed by atoms with Crippen LogP contribution < -0.4 is 0 Å². The van der Waals surface area contributed by atoms with Crippen molar-refractivity contribution in [1.82, 2.24) is 0 Å². The predicted molar refractivity (Wildman–Crippen MR) is 43.5 cm³/mol. The predicted octanol–water partition coefficient (Wildman–Crippen LogP) is 3.39. The molecule has 0 aromatic rings. The van der Waals surface area contributed by atoms with Gasteiger partial charge in [0.15, 0.2) is 0 Å². The summed E-state index contributed by atoms with van der Waals surface area (Å²) in [6, 6.07) is 0. The SMILES string of the molecule is C/C=C(\C)CCC(C)C. The first-order chi connectivity index (χ1) is 4.16. The average molecular weight is 126 g/mol. The van der Waals surface area contributed by atoms with Gasteiger partial charge in [0.2, 0.25) is 0 Å². The third-order valence-electron chi connectivity index (χ3n) is 1.61. The van der Waals surface area contributed by atoms with Crippen molar-refractivity contribution in [1.29, 1.82) is 0 Å². The van der Waals surface area contributed by atoms with E-state index in [2.05, 4.69) is 33.8 Å². The second-order valence-corrected chi connectivity index (χ2v) is 3.07. The Morgan fingerprint density at radius 2 is 2.00 bits per heavy atom. The minimum atomic E-state index is 0.847. The first-order valence-electron chi connectivity index (χ1n) is 3.78. The van der Waals surface area contributed by atoms with Crippen LogP contribution in [-0.2, 0) is 0 Å². The fraction of sp³-hybridized carbons (Fsp3) is 0.778. The van der Waals surface area contributed by atoms with E-state index in [1.165, 1.54) is 18.4 Å². The van der Waals surface area contributed by atoms with Gasteiger partial charge in [-0.3, -0.25) is 0 Å². The van der Waals surface area contributed by atoms with E-state index in [0.717, 1.165) is 5.92 Å². The van der Waals surface area contributed by atoms with Crippen LogP contribution in [0.5, 0.6) is 0 Å². The van der Waals surface area contributed by atoms with Crippen LogP contribution in [0.1, 0.15) is 40.5 Å². The van der Waals surface area contributed by atoms with Gasteiger partial charge in [0, 0.05) is 0 Å². The first kappa shape index (κ1) is 8.74. The van der Waals surface area contributed by atoms with Crippen LogP contribution in [0.25, 0.3) is 0 Å². The molecule has 0 aliphatic heterocycles. The highest BCUT2D eigenvalue weighted by atomic mass is 14.0. The molecule has 9 heavy (non-hydrogen) atoms. The first-order valence-corrected chi connectivity index (χ1v) is 3.78. The highest BCUT2D eigenvalue weighted by Gasteiger charge is 1.92. The van der Waals surface area contributed by atoms with Gasteiger partial charge in [-0.1, -0.05) is 25.5 Å². The van der Waals surface area contributed by atoms with Crippen molar-refractivity contribution in [3.63, 3.8) is 0 Å². The van der Waals surface area contributed by atoms with Gasteiger partial charge in [-0.25, -0.2) is 0 Å². The summed E-state index contributed by atoms with van der Waals surface area (Å²) in [5.74, 6) is 0.847. The molecule has 0 saturated heterocycles. The van der Waals surface area contributed by atoms with Crippen molar-refractivity contribution in [2.24, 2.45) is 5.92 Å². The van der Waals surface area contributed by atoms with Crippen LogP contribution in [0.3, 0.4) is 0 Å². The minimum Gasteiger partial charge on any atom is -0.0887 e. The number of rotatable bonds is 3. The van der Waals surface area contributed by atoms with Crippen molar-refractivity contribution >= 4 is 0 Å². The van der Waals surface area contributed by atoms with Gasteiger partial charge in [0.05, 0.1) is 0 Å². The molecule has 0 bridgehead atoms. The van der Waals surface area contributed by atoms with E-state index in [4.69, 9.17) is 0 Å². The molecule has 0 amide bonds. The fourth-order valence-electron chi connectivity index (χ4n) is 0.661. The smallest absolute Gasteiger partial charge is 0.0321 e. The molecule has 0 aliphatic carbocycles. The Kier molecular flexibility index (Phi) is 4.47. The van der Waals surface area contributed by atoms with E-state index in [1.807, 2.05) is 0 Å². The van der Waals surface area contributed by atoms with Gasteiger partial charge < -0.3 is 0 Å². The topological polar surface area (TPSA) is 0 Å². The molecule has 0 rings (SSSR count). The molecule has 0 aliphatic rings. The highest BCUT2D eigenvalue weighted by Crippen LogP contribution is 2.09. The molecular weight excluding hydrogens is 108 g/mol. The molecule has 0 aromatic heterocycles. The Morgan fingerprint density at radius 1 is 1.44 bits per heavy atom. The summed E-state index contributed by atoms with van der Waals surface area (Å²) in [5, 5.41) is 0. The van der Waals surface area contributed by atoms with Gasteiger partial charge in [-0.15, -0.1) is 0 Å². The lowest BCUT2D eigenvalue weighted by Gasteiger charge is -2.02. The molecule has 0 fully saturated rings. The van der Waals surface area contributed by atoms with Crippen LogP contribution in [-0.4, -0.2) is 0 Å². The summed E-state index contributed by atoms with van der Waals surface area (Å²) in [6.07, 6.45) is 4.80. The summed E-state index contributed by atoms with van der Waals surface area (Å²) < 4.78 is 0. The van der Waals surface area contributed by atoms with Gasteiger partial charge in [0.1, 0.15) is 0 Å². The molecule has 0 heterocycles. The molecule has 0 radical (unpaired) electrons. The van der Waals surface area contributed by atoms with E-state index in [-0.39, 0.29) is 0 Å². The van der Waals surface area contributed by atoms with E-state index < -0.39 is 0 Å². The van der Waals surface area contributed by atoms with Gasteiger partial charge in [0.25, 0.3) is 0 Å². The van der Waals surface area contributed by atoms with Crippen LogP contribution in [0.2, 0.25) is 0 Å². The maximum absolute atomic E-state index is 2.27. The lowest BCUT2D eigenvalue weighted by atomic mass is 10.0. The van der Waals surface area contributed by atoms with Crippen LogP contribution in [0.4, 0.5) is 0 Å². The van der Waals surface area contributed by atoms with Crippen molar-refractivity contribution in [3.8, 4) is 0 Å². The Morgan fingerprint density at radius 3 is 2.33 bits per heavy atom. The molecule has 0 unspecified atom stereocenters. The maximum Gasteiger partial charge on any atom is -0.0321 e. The van der Waals surface area contributed by atoms with Crippen molar-refractivity contribution in [2.75, 3.05) is 0 Å². The van der Waals surface area contributed by atoms with Crippen molar-refractivity contribution in [3.05, 3.63) is 11.6 Å². The molecule has 0 N–H and O–H groups in total. The Balaban J connectivity index is 3.28. The van der Waals surface area contributed by atoms with Gasteiger partial charge in [-0.2, -0.15) is 0 Å². The molecule has 0 atom stereocenters. The Labute approximate surface area is 59.0 Å². The van der Waals surface area contributed by atoms with Crippen molar-refractivity contribution < 1.29 is 0 Å².